The quantitative estimate of drug-likeness (QED) is 0.0473. The molecule has 0 aromatic heterocycles. The third-order valence-electron chi connectivity index (χ3n) is 20.2. The van der Waals surface area contributed by atoms with Crippen molar-refractivity contribution in [3.63, 3.8) is 0 Å². The van der Waals surface area contributed by atoms with Crippen molar-refractivity contribution in [2.24, 2.45) is 52.3 Å². The summed E-state index contributed by atoms with van der Waals surface area (Å²) in [5, 5.41) is 22.4. The van der Waals surface area contributed by atoms with Gasteiger partial charge >= 0.3 is 11.9 Å². The lowest BCUT2D eigenvalue weighted by Crippen LogP contribution is -2.66. The van der Waals surface area contributed by atoms with E-state index in [4.69, 9.17) is 0 Å². The molecule has 70 heavy (non-hydrogen) atoms. The van der Waals surface area contributed by atoms with Gasteiger partial charge in [-0.1, -0.05) is 234 Å². The van der Waals surface area contributed by atoms with E-state index in [9.17, 15) is 19.8 Å². The lowest BCUT2D eigenvalue weighted by atomic mass is 9.46. The van der Waals surface area contributed by atoms with Crippen LogP contribution < -0.4 is 0 Å². The highest BCUT2D eigenvalue weighted by Gasteiger charge is 2.62. The van der Waals surface area contributed by atoms with Gasteiger partial charge in [-0.25, -0.2) is 4.79 Å². The molecule has 1 amide bonds. The Balaban J connectivity index is 1.65. The van der Waals surface area contributed by atoms with Crippen molar-refractivity contribution < 1.29 is 24.6 Å². The van der Waals surface area contributed by atoms with Crippen LogP contribution in [-0.2, 0) is 14.4 Å². The molecule has 0 aromatic carbocycles. The Hall–Kier alpha value is -1.85. The summed E-state index contributed by atoms with van der Waals surface area (Å²) in [5.74, 6) is 2.16. The van der Waals surface area contributed by atoms with Crippen LogP contribution in [-0.4, -0.2) is 44.5 Å². The third-order valence-corrected chi connectivity index (χ3v) is 20.2. The predicted molar refractivity (Wildman–Crippen MR) is 296 cm³/mol. The Morgan fingerprint density at radius 1 is 0.614 bits per heavy atom. The van der Waals surface area contributed by atoms with Crippen molar-refractivity contribution in [2.45, 2.75) is 324 Å². The second kappa shape index (κ2) is 31.8. The highest BCUT2D eigenvalue weighted by Crippen LogP contribution is 2.68. The van der Waals surface area contributed by atoms with Gasteiger partial charge in [0.05, 0.1) is 0 Å². The predicted octanol–water partition coefficient (Wildman–Crippen LogP) is 19.1. The summed E-state index contributed by atoms with van der Waals surface area (Å²) < 4.78 is 0. The Kier molecular flexibility index (Phi) is 27.6. The largest absolute Gasteiger partial charge is 0.481 e. The zero-order valence-corrected chi connectivity index (χ0v) is 47.5. The highest BCUT2D eigenvalue weighted by molar-refractivity contribution is 5.88. The smallest absolute Gasteiger partial charge is 0.329 e. The minimum Gasteiger partial charge on any atom is -0.481 e. The molecule has 0 bridgehead atoms. The molecule has 0 radical (unpaired) electrons. The number of aliphatic carboxylic acids is 2. The number of fused-ring (bicyclic) bond motifs is 5. The highest BCUT2D eigenvalue weighted by atomic mass is 16.4. The number of hydrogen-bond donors (Lipinski definition) is 2. The van der Waals surface area contributed by atoms with E-state index >= 15 is 4.79 Å². The van der Waals surface area contributed by atoms with E-state index in [-0.39, 0.29) is 36.1 Å². The SMILES string of the molecule is CCCCCCCCCCCC(=O)N(C(CCCCCCCC)CCCCCCCCCCC)[C@@](CCC(=O)O)(C(=O)O)C1CC[C@@]2(C)C(=CCC3C2CC[C@@]2(C)C3CC[C@@H]2[C@H](C)CCCC(C)C)C1. The number of rotatable bonds is 39. The summed E-state index contributed by atoms with van der Waals surface area (Å²) in [6, 6.07) is -0.191. The van der Waals surface area contributed by atoms with Crippen molar-refractivity contribution in [2.75, 3.05) is 0 Å². The maximum atomic E-state index is 15.4. The maximum Gasteiger partial charge on any atom is 0.329 e. The van der Waals surface area contributed by atoms with Crippen LogP contribution in [0.4, 0.5) is 0 Å². The van der Waals surface area contributed by atoms with Gasteiger partial charge in [0.2, 0.25) is 5.91 Å². The molecule has 6 heteroatoms. The molecule has 0 aromatic rings. The van der Waals surface area contributed by atoms with Crippen LogP contribution in [0, 0.1) is 52.3 Å². The fourth-order valence-corrected chi connectivity index (χ4v) is 16.0. The van der Waals surface area contributed by atoms with Crippen LogP contribution in [0.25, 0.3) is 0 Å². The normalized spacial score (nSPS) is 27.0. The molecular weight excluding hydrogens is 863 g/mol. The molecular formula is C64H115NO5. The Morgan fingerprint density at radius 3 is 1.66 bits per heavy atom. The molecule has 5 unspecified atom stereocenters. The summed E-state index contributed by atoms with van der Waals surface area (Å²) in [6.07, 6.45) is 45.4. The first kappa shape index (κ1) is 60.7. The number of carboxylic acids is 2. The van der Waals surface area contributed by atoms with E-state index < -0.39 is 17.5 Å². The maximum absolute atomic E-state index is 15.4. The number of carbonyl (C=O) groups is 3. The van der Waals surface area contributed by atoms with Crippen molar-refractivity contribution in [1.29, 1.82) is 0 Å². The lowest BCUT2D eigenvalue weighted by molar-refractivity contribution is -0.172. The molecule has 0 spiro atoms. The van der Waals surface area contributed by atoms with Gasteiger partial charge < -0.3 is 15.1 Å². The number of allylic oxidation sites excluding steroid dienone is 2. The monoisotopic (exact) mass is 978 g/mol. The van der Waals surface area contributed by atoms with Crippen LogP contribution in [0.1, 0.15) is 312 Å². The summed E-state index contributed by atoms with van der Waals surface area (Å²) in [7, 11) is 0. The molecule has 4 aliphatic rings. The zero-order chi connectivity index (χ0) is 51.0. The number of unbranched alkanes of at least 4 members (excludes halogenated alkanes) is 21. The van der Waals surface area contributed by atoms with Gasteiger partial charge in [0, 0.05) is 18.9 Å². The second-order valence-corrected chi connectivity index (χ2v) is 25.5. The van der Waals surface area contributed by atoms with E-state index in [1.165, 1.54) is 160 Å². The molecule has 6 nitrogen and oxygen atoms in total. The van der Waals surface area contributed by atoms with Crippen molar-refractivity contribution >= 4 is 17.8 Å². The van der Waals surface area contributed by atoms with Crippen LogP contribution in [0.5, 0.6) is 0 Å². The van der Waals surface area contributed by atoms with Crippen LogP contribution in [0.15, 0.2) is 11.6 Å². The zero-order valence-electron chi connectivity index (χ0n) is 47.5. The average molecular weight is 979 g/mol. The number of carbonyl (C=O) groups excluding carboxylic acids is 1. The Bertz CT molecular complexity index is 1520. The third kappa shape index (κ3) is 17.1. The van der Waals surface area contributed by atoms with Crippen molar-refractivity contribution in [3.8, 4) is 0 Å². The second-order valence-electron chi connectivity index (χ2n) is 25.5. The molecule has 4 rings (SSSR count). The van der Waals surface area contributed by atoms with E-state index in [1.54, 1.807) is 0 Å². The van der Waals surface area contributed by atoms with E-state index in [0.717, 1.165) is 101 Å². The van der Waals surface area contributed by atoms with Crippen LogP contribution >= 0.6 is 0 Å². The minimum absolute atomic E-state index is 0.0101. The van der Waals surface area contributed by atoms with E-state index in [0.29, 0.717) is 30.1 Å². The standard InChI is InChI=1S/C64H115NO5/c1-9-12-15-18-21-23-25-28-31-37-54(36-30-27-20-17-14-11-3)65(59(66)38-32-29-26-24-22-19-16-13-10-2)64(61(69)70,48-45-60(67)68)53-43-46-62(7)52(49-53)39-40-55-57-42-41-56(51(6)35-33-34-50(4)5)63(57,8)47-44-58(55)62/h39,50-51,53-58H,9-38,40-49H2,1-8H3,(H,67,68)(H,69,70)/t51-,53?,54?,55?,56-,57?,58?,62+,63-,64-/m1/s1. The van der Waals surface area contributed by atoms with Gasteiger partial charge in [-0.05, 0) is 129 Å². The molecule has 0 heterocycles. The topological polar surface area (TPSA) is 94.9 Å². The first-order valence-electron chi connectivity index (χ1n) is 31.2. The van der Waals surface area contributed by atoms with Gasteiger partial charge in [0.1, 0.15) is 5.54 Å². The average Bonchev–Trinajstić information content (AvgIpc) is 3.69. The molecule has 0 aliphatic heterocycles. The lowest BCUT2D eigenvalue weighted by Gasteiger charge is -2.60. The molecule has 0 saturated heterocycles. The number of nitrogens with zero attached hydrogens (tertiary/aromatic N) is 1. The summed E-state index contributed by atoms with van der Waals surface area (Å²) in [5.41, 5.74) is 0.319. The molecule has 3 fully saturated rings. The molecule has 3 saturated carbocycles. The minimum atomic E-state index is -1.55. The number of hydrogen-bond acceptors (Lipinski definition) is 3. The molecule has 4 aliphatic carbocycles. The Labute approximate surface area is 433 Å². The summed E-state index contributed by atoms with van der Waals surface area (Å²) in [6.45, 7) is 19.3. The first-order valence-corrected chi connectivity index (χ1v) is 31.2. The fourth-order valence-electron chi connectivity index (χ4n) is 16.0. The van der Waals surface area contributed by atoms with Crippen LogP contribution in [0.2, 0.25) is 0 Å². The first-order chi connectivity index (χ1) is 33.7. The van der Waals surface area contributed by atoms with E-state index in [2.05, 4.69) is 61.5 Å². The number of amides is 1. The van der Waals surface area contributed by atoms with Crippen LogP contribution in [0.3, 0.4) is 0 Å². The summed E-state index contributed by atoms with van der Waals surface area (Å²) >= 11 is 0. The van der Waals surface area contributed by atoms with Gasteiger partial charge in [0.25, 0.3) is 0 Å². The van der Waals surface area contributed by atoms with Crippen molar-refractivity contribution in [1.82, 2.24) is 4.90 Å². The van der Waals surface area contributed by atoms with Gasteiger partial charge in [-0.15, -0.1) is 0 Å². The van der Waals surface area contributed by atoms with Gasteiger partial charge in [-0.2, -0.15) is 0 Å². The summed E-state index contributed by atoms with van der Waals surface area (Å²) in [4.78, 5) is 44.7. The van der Waals surface area contributed by atoms with Gasteiger partial charge in [-0.3, -0.25) is 9.59 Å². The Morgan fingerprint density at radius 2 is 1.14 bits per heavy atom. The molecule has 2 N–H and O–H groups in total. The number of carboxylic acid groups (broad SMARTS) is 2. The van der Waals surface area contributed by atoms with E-state index in [1.807, 2.05) is 4.90 Å². The van der Waals surface area contributed by atoms with Gasteiger partial charge in [0.15, 0.2) is 0 Å². The fraction of sp³-hybridized carbons (Fsp3) is 0.922. The van der Waals surface area contributed by atoms with Crippen molar-refractivity contribution in [3.05, 3.63) is 11.6 Å². The molecule has 406 valence electrons. The molecule has 10 atom stereocenters.